The van der Waals surface area contributed by atoms with Gasteiger partial charge in [0.2, 0.25) is 5.78 Å². The fourth-order valence-electron chi connectivity index (χ4n) is 7.78. The number of nitro groups is 1. The topological polar surface area (TPSA) is 91.2 Å². The number of allylic oxidation sites excluding steroid dienone is 4. The maximum atomic E-state index is 14.3. The van der Waals surface area contributed by atoms with Gasteiger partial charge in [0.25, 0.3) is 5.69 Å². The first kappa shape index (κ1) is 20.9. The second kappa shape index (κ2) is 7.03. The zero-order chi connectivity index (χ0) is 24.2. The van der Waals surface area contributed by atoms with Crippen molar-refractivity contribution in [2.75, 3.05) is 0 Å². The Hall–Kier alpha value is -3.48. The van der Waals surface area contributed by atoms with E-state index < -0.39 is 0 Å². The highest BCUT2D eigenvalue weighted by Gasteiger charge is 2.49. The number of aromatic nitrogens is 2. The van der Waals surface area contributed by atoms with Crippen LogP contribution in [-0.2, 0) is 4.79 Å². The van der Waals surface area contributed by atoms with Gasteiger partial charge >= 0.3 is 0 Å². The number of nitrogens with zero attached hydrogens (tertiary/aromatic N) is 3. The molecule has 35 heavy (non-hydrogen) atoms. The number of aryl methyl sites for hydroxylation is 2. The van der Waals surface area contributed by atoms with Crippen LogP contribution >= 0.6 is 0 Å². The minimum atomic E-state index is -0.362. The predicted octanol–water partition coefficient (Wildman–Crippen LogP) is 6.33. The van der Waals surface area contributed by atoms with Gasteiger partial charge < -0.3 is 4.42 Å². The Balaban J connectivity index is 1.57. The van der Waals surface area contributed by atoms with Crippen LogP contribution < -0.4 is 0 Å². The third-order valence-corrected chi connectivity index (χ3v) is 8.85. The van der Waals surface area contributed by atoms with E-state index >= 15 is 0 Å². The molecule has 5 aliphatic rings. The number of para-hydroxylation sites is 1. The smallest absolute Gasteiger partial charge is 0.295 e. The maximum Gasteiger partial charge on any atom is 0.295 e. The molecule has 3 aromatic rings. The van der Waals surface area contributed by atoms with Gasteiger partial charge in [-0.2, -0.15) is 0 Å². The number of carbonyl (C=O) groups is 1. The summed E-state index contributed by atoms with van der Waals surface area (Å²) in [6.45, 7) is 5.73. The van der Waals surface area contributed by atoms with Crippen molar-refractivity contribution >= 4 is 39.3 Å². The van der Waals surface area contributed by atoms with E-state index in [0.29, 0.717) is 40.0 Å². The normalized spacial score (nSPS) is 28.4. The van der Waals surface area contributed by atoms with Crippen molar-refractivity contribution < 1.29 is 14.1 Å². The Morgan fingerprint density at radius 2 is 1.80 bits per heavy atom. The molecule has 0 saturated heterocycles. The first-order chi connectivity index (χ1) is 16.8. The van der Waals surface area contributed by atoms with Gasteiger partial charge in [0.15, 0.2) is 5.52 Å². The summed E-state index contributed by atoms with van der Waals surface area (Å²) < 4.78 is 7.62. The summed E-state index contributed by atoms with van der Waals surface area (Å²) in [4.78, 5) is 30.8. The van der Waals surface area contributed by atoms with Crippen LogP contribution in [0.4, 0.5) is 5.69 Å². The monoisotopic (exact) mass is 469 g/mol. The fraction of sp³-hybridized carbons (Fsp3) is 0.429. The van der Waals surface area contributed by atoms with Crippen LogP contribution in [0.3, 0.4) is 0 Å². The molecule has 0 N–H and O–H groups in total. The zero-order valence-corrected chi connectivity index (χ0v) is 20.1. The molecule has 1 aromatic carbocycles. The number of furan rings is 1. The van der Waals surface area contributed by atoms with Crippen molar-refractivity contribution in [2.24, 2.45) is 23.7 Å². The lowest BCUT2D eigenvalue weighted by Gasteiger charge is -2.51. The van der Waals surface area contributed by atoms with Crippen molar-refractivity contribution in [3.8, 4) is 0 Å². The van der Waals surface area contributed by atoms with E-state index in [-0.39, 0.29) is 16.4 Å². The second-order valence-corrected chi connectivity index (χ2v) is 10.9. The van der Waals surface area contributed by atoms with Crippen molar-refractivity contribution in [3.63, 3.8) is 0 Å². The number of Topliss-reactive ketones (excluding diaryl/α,β-unsaturated/α-hetero) is 1. The van der Waals surface area contributed by atoms with Crippen LogP contribution in [-0.4, -0.2) is 20.3 Å². The highest BCUT2D eigenvalue weighted by Crippen LogP contribution is 2.59. The van der Waals surface area contributed by atoms with Crippen molar-refractivity contribution in [2.45, 2.75) is 52.9 Å². The maximum absolute atomic E-state index is 14.3. The first-order valence-electron chi connectivity index (χ1n) is 12.6. The van der Waals surface area contributed by atoms with Gasteiger partial charge in [-0.3, -0.25) is 19.5 Å². The van der Waals surface area contributed by atoms with Gasteiger partial charge in [-0.25, -0.2) is 4.98 Å². The summed E-state index contributed by atoms with van der Waals surface area (Å²) in [5.41, 5.74) is 5.06. The number of hydrogen-bond acceptors (Lipinski definition) is 5. The third-order valence-electron chi connectivity index (χ3n) is 8.85. The number of benzene rings is 1. The molecule has 4 saturated carbocycles. The van der Waals surface area contributed by atoms with Crippen LogP contribution in [0.1, 0.15) is 61.9 Å². The molecule has 0 radical (unpaired) electrons. The highest BCUT2D eigenvalue weighted by atomic mass is 16.6. The quantitative estimate of drug-likeness (QED) is 0.248. The summed E-state index contributed by atoms with van der Waals surface area (Å²) in [6, 6.07) is 6.94. The van der Waals surface area contributed by atoms with Crippen LogP contribution in [0.15, 0.2) is 34.3 Å². The predicted molar refractivity (Wildman–Crippen MR) is 132 cm³/mol. The van der Waals surface area contributed by atoms with E-state index in [1.165, 1.54) is 18.1 Å². The molecule has 0 amide bonds. The van der Waals surface area contributed by atoms with E-state index in [2.05, 4.69) is 0 Å². The Labute approximate surface area is 202 Å². The molecule has 4 aliphatic carbocycles. The summed E-state index contributed by atoms with van der Waals surface area (Å²) >= 11 is 0. The van der Waals surface area contributed by atoms with E-state index in [9.17, 15) is 14.9 Å². The molecule has 178 valence electrons. The molecule has 7 nitrogen and oxygen atoms in total. The van der Waals surface area contributed by atoms with E-state index in [1.807, 2.05) is 31.4 Å². The van der Waals surface area contributed by atoms with Crippen LogP contribution in [0.2, 0.25) is 0 Å². The zero-order valence-electron chi connectivity index (χ0n) is 20.1. The number of ketones is 1. The Morgan fingerprint density at radius 3 is 2.40 bits per heavy atom. The van der Waals surface area contributed by atoms with Gasteiger partial charge in [-0.1, -0.05) is 6.07 Å². The molecule has 4 bridgehead atoms. The number of nitro benzene ring substituents is 1. The molecule has 7 heteroatoms. The summed E-state index contributed by atoms with van der Waals surface area (Å²) in [6.07, 6.45) is 5.82. The number of non-ortho nitro benzene ring substituents is 1. The molecule has 2 aromatic heterocycles. The molecule has 0 unspecified atom stereocenters. The summed E-state index contributed by atoms with van der Waals surface area (Å²) in [5, 5.41) is 12.0. The Kier molecular flexibility index (Phi) is 4.19. The lowest BCUT2D eigenvalue weighted by molar-refractivity contribution is -0.383. The minimum Gasteiger partial charge on any atom is -0.466 e. The van der Waals surface area contributed by atoms with Gasteiger partial charge in [-0.15, -0.1) is 0 Å². The van der Waals surface area contributed by atoms with Gasteiger partial charge in [0.05, 0.1) is 21.7 Å². The number of imidazole rings is 1. The number of rotatable bonds is 2. The summed E-state index contributed by atoms with van der Waals surface area (Å²) in [5.74, 6) is 4.28. The second-order valence-electron chi connectivity index (χ2n) is 10.9. The molecule has 1 aliphatic heterocycles. The third kappa shape index (κ3) is 2.78. The molecule has 3 heterocycles. The molecular weight excluding hydrogens is 442 g/mol. The highest BCUT2D eigenvalue weighted by molar-refractivity contribution is 6.47. The largest absolute Gasteiger partial charge is 0.466 e. The Bertz CT molecular complexity index is 1500. The van der Waals surface area contributed by atoms with Crippen molar-refractivity contribution in [1.29, 1.82) is 0 Å². The SMILES string of the molecule is CC(=C1C(=O)C(=C2C3CC4CC(C3)CC2C4)n2c1nc1cccc([N+](=O)[O-])c12)c1cc(C)oc1C. The summed E-state index contributed by atoms with van der Waals surface area (Å²) in [7, 11) is 0. The molecule has 4 fully saturated rings. The number of hydrogen-bond donors (Lipinski definition) is 0. The van der Waals surface area contributed by atoms with E-state index in [0.717, 1.165) is 60.2 Å². The molecule has 0 spiro atoms. The standard InChI is InChI=1S/C28H27N3O4/c1-13-7-20(15(3)35-13)14(2)23-27(32)26(24-18-9-16-8-17(11-18)12-19(24)10-16)30-25-21(29-28(23)30)5-4-6-22(25)31(33)34/h4-7,16-19H,8-12H2,1-3H3. The van der Waals surface area contributed by atoms with E-state index in [4.69, 9.17) is 9.40 Å². The van der Waals surface area contributed by atoms with Crippen LogP contribution in [0.5, 0.6) is 0 Å². The van der Waals surface area contributed by atoms with E-state index in [1.54, 1.807) is 12.1 Å². The van der Waals surface area contributed by atoms with Gasteiger partial charge in [0.1, 0.15) is 17.3 Å². The van der Waals surface area contributed by atoms with Crippen molar-refractivity contribution in [3.05, 3.63) is 62.9 Å². The number of fused-ring (bicyclic) bond motifs is 3. The number of carbonyl (C=O) groups excluding carboxylic acids is 1. The average molecular weight is 470 g/mol. The first-order valence-corrected chi connectivity index (χ1v) is 12.6. The van der Waals surface area contributed by atoms with Gasteiger partial charge in [-0.05, 0) is 99.8 Å². The van der Waals surface area contributed by atoms with Crippen molar-refractivity contribution in [1.82, 2.24) is 9.55 Å². The molecule has 0 atom stereocenters. The average Bonchev–Trinajstić information content (AvgIpc) is 3.42. The molecular formula is C28H27N3O4. The van der Waals surface area contributed by atoms with Gasteiger partial charge in [0, 0.05) is 11.6 Å². The van der Waals surface area contributed by atoms with Crippen LogP contribution in [0.25, 0.3) is 27.9 Å². The molecule has 8 rings (SSSR count). The lowest BCUT2D eigenvalue weighted by atomic mass is 9.54. The minimum absolute atomic E-state index is 0.00907. The van der Waals surface area contributed by atoms with Crippen LogP contribution in [0, 0.1) is 47.6 Å². The fourth-order valence-corrected chi connectivity index (χ4v) is 7.78. The Morgan fingerprint density at radius 1 is 1.11 bits per heavy atom. The lowest BCUT2D eigenvalue weighted by Crippen LogP contribution is -2.41.